The second kappa shape index (κ2) is 20.3. The molecular formula is C48H59N9O5. The van der Waals surface area contributed by atoms with Gasteiger partial charge < -0.3 is 29.7 Å². The molecule has 2 fully saturated rings. The van der Waals surface area contributed by atoms with Crippen LogP contribution in [0.25, 0.3) is 22.2 Å². The third-order valence-corrected chi connectivity index (χ3v) is 12.0. The topological polar surface area (TPSA) is 157 Å². The lowest BCUT2D eigenvalue weighted by Crippen LogP contribution is -2.46. The molecule has 7 rings (SSSR count). The number of rotatable bonds is 15. The molecule has 2 aliphatic heterocycles. The number of aromatic amines is 1. The molecule has 3 amide bonds. The van der Waals surface area contributed by atoms with Crippen LogP contribution in [0.5, 0.6) is 0 Å². The minimum absolute atomic E-state index is 0.0103. The highest BCUT2D eigenvalue weighted by molar-refractivity contribution is 6.02. The van der Waals surface area contributed by atoms with Crippen molar-refractivity contribution >= 4 is 40.1 Å². The van der Waals surface area contributed by atoms with E-state index in [1.165, 1.54) is 12.5 Å². The summed E-state index contributed by atoms with van der Waals surface area (Å²) in [4.78, 5) is 76.7. The first-order chi connectivity index (χ1) is 30.0. The monoisotopic (exact) mass is 841 g/mol. The molecule has 2 aliphatic rings. The number of anilines is 2. The van der Waals surface area contributed by atoms with Gasteiger partial charge in [-0.1, -0.05) is 38.1 Å². The highest BCUT2D eigenvalue weighted by Crippen LogP contribution is 2.27. The van der Waals surface area contributed by atoms with Crippen molar-refractivity contribution < 1.29 is 19.1 Å². The number of nitrogens with one attached hydrogen (secondary N) is 2. The maximum absolute atomic E-state index is 13.8. The Hall–Kier alpha value is -5.99. The summed E-state index contributed by atoms with van der Waals surface area (Å²) in [5.74, 6) is -0.588. The number of carbonyl (C=O) groups excluding carboxylic acids is 3. The maximum atomic E-state index is 13.8. The molecule has 14 nitrogen and oxygen atoms in total. The largest absolute Gasteiger partial charge is 0.375 e. The summed E-state index contributed by atoms with van der Waals surface area (Å²) in [5.41, 5.74) is 8.37. The predicted octanol–water partition coefficient (Wildman–Crippen LogP) is 6.35. The van der Waals surface area contributed by atoms with Crippen molar-refractivity contribution in [3.8, 4) is 11.1 Å². The van der Waals surface area contributed by atoms with Gasteiger partial charge in [-0.15, -0.1) is 0 Å². The van der Waals surface area contributed by atoms with E-state index in [0.717, 1.165) is 91.0 Å². The maximum Gasteiger partial charge on any atom is 0.274 e. The van der Waals surface area contributed by atoms with E-state index in [1.807, 2.05) is 74.3 Å². The molecule has 2 saturated heterocycles. The summed E-state index contributed by atoms with van der Waals surface area (Å²) >= 11 is 0. The van der Waals surface area contributed by atoms with Crippen LogP contribution < -0.4 is 15.8 Å². The fourth-order valence-corrected chi connectivity index (χ4v) is 8.33. The average molecular weight is 842 g/mol. The molecule has 14 heteroatoms. The lowest BCUT2D eigenvalue weighted by molar-refractivity contribution is -0.114. The Morgan fingerprint density at radius 2 is 1.66 bits per heavy atom. The van der Waals surface area contributed by atoms with Crippen LogP contribution in [0.4, 0.5) is 11.4 Å². The number of hydrogen-bond donors (Lipinski definition) is 2. The van der Waals surface area contributed by atoms with E-state index in [9.17, 15) is 19.2 Å². The van der Waals surface area contributed by atoms with Crippen LogP contribution in [0.15, 0.2) is 78.0 Å². The number of aromatic nitrogens is 4. The Bertz CT molecular complexity index is 2420. The fraction of sp³-hybridized carbons (Fsp3) is 0.438. The van der Waals surface area contributed by atoms with Crippen LogP contribution in [0, 0.1) is 0 Å². The second-order valence-corrected chi connectivity index (χ2v) is 16.4. The fourth-order valence-electron chi connectivity index (χ4n) is 8.33. The lowest BCUT2D eigenvalue weighted by Gasteiger charge is -2.36. The molecule has 1 atom stereocenters. The highest BCUT2D eigenvalue weighted by atomic mass is 16.5. The van der Waals surface area contributed by atoms with Crippen LogP contribution in [0.2, 0.25) is 0 Å². The van der Waals surface area contributed by atoms with Crippen molar-refractivity contribution in [3.05, 3.63) is 112 Å². The highest BCUT2D eigenvalue weighted by Gasteiger charge is 2.28. The van der Waals surface area contributed by atoms with Crippen molar-refractivity contribution in [2.24, 2.45) is 0 Å². The number of ether oxygens (including phenoxy) is 1. The summed E-state index contributed by atoms with van der Waals surface area (Å²) in [6.07, 6.45) is 8.95. The molecule has 2 N–H and O–H groups in total. The predicted molar refractivity (Wildman–Crippen MR) is 242 cm³/mol. The minimum Gasteiger partial charge on any atom is -0.375 e. The van der Waals surface area contributed by atoms with Gasteiger partial charge in [0.25, 0.3) is 17.4 Å². The van der Waals surface area contributed by atoms with Gasteiger partial charge in [-0.25, -0.2) is 9.97 Å². The zero-order valence-corrected chi connectivity index (χ0v) is 36.7. The standard InChI is InChI=1S/C48H59N9O5/c1-6-34-10-9-11-37(24-34)38-27-44(52-33(5)58)45(51-29-38)48(61)55(8-3)17-14-32(4)62-40-15-18-57(19-16-40)47(60)41-13-12-39(30-50-41)56-22-20-54(21-23-56)31-35-25-43-42(49-28-35)26-36(7-2)46(59)53-43/h9-13,24-30,32,40H,6-8,14-23,31H2,1-5H3,(H,52,58)(H,53,59). The van der Waals surface area contributed by atoms with Crippen molar-refractivity contribution in [3.63, 3.8) is 0 Å². The van der Waals surface area contributed by atoms with E-state index in [0.29, 0.717) is 50.4 Å². The molecule has 4 aromatic heterocycles. The molecule has 0 bridgehead atoms. The van der Waals surface area contributed by atoms with Gasteiger partial charge in [0.05, 0.1) is 40.8 Å². The molecule has 62 heavy (non-hydrogen) atoms. The number of H-pyrrole nitrogens is 1. The third kappa shape index (κ3) is 10.7. The first-order valence-corrected chi connectivity index (χ1v) is 22.1. The number of likely N-dealkylation sites (tertiary alicyclic amines) is 1. The number of carbonyl (C=O) groups is 3. The Balaban J connectivity index is 0.850. The summed E-state index contributed by atoms with van der Waals surface area (Å²) in [5, 5.41) is 2.83. The summed E-state index contributed by atoms with van der Waals surface area (Å²) in [6, 6.07) is 17.7. The molecule has 6 heterocycles. The molecular weight excluding hydrogens is 783 g/mol. The van der Waals surface area contributed by atoms with Crippen LogP contribution in [0.1, 0.15) is 91.5 Å². The number of benzene rings is 1. The zero-order chi connectivity index (χ0) is 43.8. The average Bonchev–Trinajstić information content (AvgIpc) is 3.29. The number of fused-ring (bicyclic) bond motifs is 1. The van der Waals surface area contributed by atoms with Crippen molar-refractivity contribution in [2.45, 2.75) is 85.5 Å². The van der Waals surface area contributed by atoms with Gasteiger partial charge in [0.1, 0.15) is 5.69 Å². The van der Waals surface area contributed by atoms with E-state index < -0.39 is 0 Å². The van der Waals surface area contributed by atoms with Crippen molar-refractivity contribution in [1.82, 2.24) is 34.6 Å². The molecule has 0 saturated carbocycles. The number of hydrogen-bond acceptors (Lipinski definition) is 10. The molecule has 1 unspecified atom stereocenters. The molecule has 1 aromatic carbocycles. The second-order valence-electron chi connectivity index (χ2n) is 16.4. The Kier molecular flexibility index (Phi) is 14.4. The lowest BCUT2D eigenvalue weighted by atomic mass is 10.0. The SMILES string of the molecule is CCc1cccc(-c2cnc(C(=O)N(CC)CCC(C)OC3CCN(C(=O)c4ccc(N5CCN(Cc6cnc7cc(CC)c(=O)[nH]c7c6)CC5)cn4)CC3)c(NC(C)=O)c2)c1. The number of piperidine rings is 1. The van der Waals surface area contributed by atoms with E-state index in [-0.39, 0.29) is 41.2 Å². The molecule has 0 spiro atoms. The van der Waals surface area contributed by atoms with Gasteiger partial charge in [-0.3, -0.25) is 29.1 Å². The Morgan fingerprint density at radius 1 is 0.871 bits per heavy atom. The number of amides is 3. The normalized spacial score (nSPS) is 15.4. The van der Waals surface area contributed by atoms with E-state index in [2.05, 4.69) is 54.1 Å². The number of aryl methyl sites for hydroxylation is 2. The summed E-state index contributed by atoms with van der Waals surface area (Å²) < 4.78 is 6.43. The van der Waals surface area contributed by atoms with E-state index >= 15 is 0 Å². The van der Waals surface area contributed by atoms with E-state index in [1.54, 1.807) is 17.3 Å². The Morgan fingerprint density at radius 3 is 2.35 bits per heavy atom. The van der Waals surface area contributed by atoms with Gasteiger partial charge in [0.2, 0.25) is 5.91 Å². The quantitative estimate of drug-likeness (QED) is 0.122. The number of pyridine rings is 4. The number of nitrogens with zero attached hydrogens (tertiary/aromatic N) is 7. The van der Waals surface area contributed by atoms with Crippen molar-refractivity contribution in [1.29, 1.82) is 0 Å². The van der Waals surface area contributed by atoms with Crippen LogP contribution in [-0.2, 0) is 28.9 Å². The van der Waals surface area contributed by atoms with Crippen LogP contribution in [0.3, 0.4) is 0 Å². The zero-order valence-electron chi connectivity index (χ0n) is 36.7. The van der Waals surface area contributed by atoms with Crippen LogP contribution in [-0.4, -0.2) is 117 Å². The van der Waals surface area contributed by atoms with Gasteiger partial charge in [0, 0.05) is 89.3 Å². The smallest absolute Gasteiger partial charge is 0.274 e. The van der Waals surface area contributed by atoms with Gasteiger partial charge in [-0.2, -0.15) is 0 Å². The van der Waals surface area contributed by atoms with Crippen LogP contribution >= 0.6 is 0 Å². The van der Waals surface area contributed by atoms with Gasteiger partial charge >= 0.3 is 0 Å². The Labute approximate surface area is 363 Å². The number of piperazine rings is 1. The first-order valence-electron chi connectivity index (χ1n) is 22.1. The van der Waals surface area contributed by atoms with Crippen molar-refractivity contribution in [2.75, 3.05) is 62.6 Å². The molecule has 326 valence electrons. The summed E-state index contributed by atoms with van der Waals surface area (Å²) in [6.45, 7) is 15.7. The molecule has 5 aromatic rings. The minimum atomic E-state index is -0.270. The van der Waals surface area contributed by atoms with Gasteiger partial charge in [0.15, 0.2) is 5.69 Å². The molecule has 0 aliphatic carbocycles. The third-order valence-electron chi connectivity index (χ3n) is 12.0. The first kappa shape index (κ1) is 44.1. The van der Waals surface area contributed by atoms with Gasteiger partial charge in [-0.05, 0) is 93.0 Å². The van der Waals surface area contributed by atoms with E-state index in [4.69, 9.17) is 4.74 Å². The molecule has 0 radical (unpaired) electrons. The summed E-state index contributed by atoms with van der Waals surface area (Å²) in [7, 11) is 0.